The highest BCUT2D eigenvalue weighted by Crippen LogP contribution is 2.33. The van der Waals surface area contributed by atoms with E-state index in [1.165, 1.54) is 24.2 Å². The van der Waals surface area contributed by atoms with E-state index in [-0.39, 0.29) is 18.1 Å². The van der Waals surface area contributed by atoms with Crippen LogP contribution in [0.2, 0.25) is 0 Å². The third-order valence-corrected chi connectivity index (χ3v) is 6.71. The van der Waals surface area contributed by atoms with Gasteiger partial charge in [-0.05, 0) is 18.9 Å². The Bertz CT molecular complexity index is 878. The molecule has 120 valence electrons. The molecule has 3 aromatic heterocycles. The summed E-state index contributed by atoms with van der Waals surface area (Å²) in [6.07, 6.45) is 6.80. The lowest BCUT2D eigenvalue weighted by Gasteiger charge is -2.43. The molecular formula is C16H17N3O2S2. The van der Waals surface area contributed by atoms with E-state index < -0.39 is 0 Å². The minimum Gasteiger partial charge on any atom is -0.374 e. The molecule has 1 aliphatic heterocycles. The van der Waals surface area contributed by atoms with Crippen LogP contribution in [-0.4, -0.2) is 45.5 Å². The fraction of sp³-hybridized carbons (Fsp3) is 0.500. The number of thiophene rings is 1. The monoisotopic (exact) mass is 347 g/mol. The third-order valence-electron chi connectivity index (χ3n) is 4.94. The van der Waals surface area contributed by atoms with Crippen molar-refractivity contribution in [3.8, 4) is 0 Å². The lowest BCUT2D eigenvalue weighted by atomic mass is 9.90. The van der Waals surface area contributed by atoms with Crippen LogP contribution in [-0.2, 0) is 4.74 Å². The first-order valence-corrected chi connectivity index (χ1v) is 9.78. The molecule has 1 amide bonds. The van der Waals surface area contributed by atoms with Gasteiger partial charge in [0.05, 0.1) is 29.1 Å². The molecule has 23 heavy (non-hydrogen) atoms. The van der Waals surface area contributed by atoms with Crippen LogP contribution in [0.3, 0.4) is 0 Å². The lowest BCUT2D eigenvalue weighted by molar-refractivity contribution is -0.0751. The van der Waals surface area contributed by atoms with E-state index in [2.05, 4.69) is 9.38 Å². The molecule has 2 atom stereocenters. The van der Waals surface area contributed by atoms with E-state index in [9.17, 15) is 4.79 Å². The van der Waals surface area contributed by atoms with Crippen LogP contribution in [0.25, 0.3) is 15.3 Å². The topological polar surface area (TPSA) is 46.8 Å². The van der Waals surface area contributed by atoms with Crippen molar-refractivity contribution in [2.45, 2.75) is 37.8 Å². The zero-order chi connectivity index (χ0) is 15.4. The number of carbonyl (C=O) groups excluding carboxylic acids is 1. The van der Waals surface area contributed by atoms with Gasteiger partial charge in [-0.2, -0.15) is 0 Å². The number of thiazole rings is 1. The van der Waals surface area contributed by atoms with Crippen molar-refractivity contribution in [3.05, 3.63) is 22.5 Å². The van der Waals surface area contributed by atoms with Gasteiger partial charge in [-0.1, -0.05) is 12.8 Å². The Labute approximate surface area is 141 Å². The summed E-state index contributed by atoms with van der Waals surface area (Å²) in [7, 11) is 0. The van der Waals surface area contributed by atoms with Crippen LogP contribution >= 0.6 is 22.7 Å². The summed E-state index contributed by atoms with van der Waals surface area (Å²) in [5.74, 6) is 0.150. The number of nitrogens with zero attached hydrogens (tertiary/aromatic N) is 3. The average molecular weight is 347 g/mol. The van der Waals surface area contributed by atoms with Crippen molar-refractivity contribution in [2.75, 3.05) is 13.2 Å². The van der Waals surface area contributed by atoms with E-state index >= 15 is 0 Å². The van der Waals surface area contributed by atoms with Crippen LogP contribution in [0, 0.1) is 0 Å². The van der Waals surface area contributed by atoms with Gasteiger partial charge in [0, 0.05) is 18.1 Å². The van der Waals surface area contributed by atoms with E-state index in [0.29, 0.717) is 13.2 Å². The molecule has 7 heteroatoms. The van der Waals surface area contributed by atoms with Crippen LogP contribution in [0.1, 0.15) is 35.4 Å². The van der Waals surface area contributed by atoms with Crippen LogP contribution < -0.4 is 0 Å². The number of hydrogen-bond donors (Lipinski definition) is 0. The summed E-state index contributed by atoms with van der Waals surface area (Å²) in [6, 6.07) is 2.26. The molecule has 0 aromatic carbocycles. The molecule has 4 heterocycles. The maximum Gasteiger partial charge on any atom is 0.264 e. The normalized spacial score (nSPS) is 25.1. The maximum absolute atomic E-state index is 13.0. The molecule has 1 saturated heterocycles. The van der Waals surface area contributed by atoms with Crippen molar-refractivity contribution in [3.63, 3.8) is 0 Å². The lowest BCUT2D eigenvalue weighted by Crippen LogP contribution is -2.54. The summed E-state index contributed by atoms with van der Waals surface area (Å²) >= 11 is 3.13. The number of ether oxygens (including phenoxy) is 1. The van der Waals surface area contributed by atoms with E-state index in [1.54, 1.807) is 11.3 Å². The quantitative estimate of drug-likeness (QED) is 0.678. The fourth-order valence-corrected chi connectivity index (χ4v) is 5.60. The Morgan fingerprint density at radius 3 is 3.22 bits per heavy atom. The zero-order valence-electron chi connectivity index (χ0n) is 12.6. The number of fused-ring (bicyclic) bond motifs is 4. The summed E-state index contributed by atoms with van der Waals surface area (Å²) < 4.78 is 7.95. The largest absolute Gasteiger partial charge is 0.374 e. The highest BCUT2D eigenvalue weighted by Gasteiger charge is 2.37. The molecule has 2 aliphatic rings. The second-order valence-corrected chi connectivity index (χ2v) is 8.13. The van der Waals surface area contributed by atoms with E-state index in [1.807, 2.05) is 22.5 Å². The van der Waals surface area contributed by atoms with Crippen molar-refractivity contribution in [1.29, 1.82) is 0 Å². The SMILES string of the molecule is O=C(c1cc2c(nc3sccn32)s1)N1CCO[C@@H]2CCCC[C@@H]21. The Morgan fingerprint density at radius 1 is 1.35 bits per heavy atom. The summed E-state index contributed by atoms with van der Waals surface area (Å²) in [5, 5.41) is 2.02. The summed E-state index contributed by atoms with van der Waals surface area (Å²) in [6.45, 7) is 1.36. The molecule has 3 aromatic rings. The molecule has 0 N–H and O–H groups in total. The minimum absolute atomic E-state index is 0.150. The standard InChI is InChI=1S/C16H17N3O2S2/c20-15(18-5-7-21-12-4-2-1-3-10(12)18)13-9-11-14(23-13)17-16-19(11)6-8-22-16/h6,8-10,12H,1-5,7H2/t10-,12+/m0/s1. The molecule has 0 spiro atoms. The van der Waals surface area contributed by atoms with Gasteiger partial charge in [-0.15, -0.1) is 22.7 Å². The predicted molar refractivity (Wildman–Crippen MR) is 91.5 cm³/mol. The first kappa shape index (κ1) is 13.9. The third kappa shape index (κ3) is 2.14. The first-order valence-electron chi connectivity index (χ1n) is 8.09. The predicted octanol–water partition coefficient (Wildman–Crippen LogP) is 3.39. The van der Waals surface area contributed by atoms with Gasteiger partial charge in [-0.3, -0.25) is 9.20 Å². The second-order valence-electron chi connectivity index (χ2n) is 6.23. The minimum atomic E-state index is 0.150. The number of hydrogen-bond acceptors (Lipinski definition) is 5. The van der Waals surface area contributed by atoms with Gasteiger partial charge in [0.25, 0.3) is 5.91 Å². The average Bonchev–Trinajstić information content (AvgIpc) is 3.25. The number of rotatable bonds is 1. The summed E-state index contributed by atoms with van der Waals surface area (Å²) in [5.41, 5.74) is 1.04. The Morgan fingerprint density at radius 2 is 2.26 bits per heavy atom. The number of carbonyl (C=O) groups is 1. The number of morpholine rings is 1. The molecule has 5 nitrogen and oxygen atoms in total. The maximum atomic E-state index is 13.0. The van der Waals surface area contributed by atoms with E-state index in [0.717, 1.165) is 33.0 Å². The van der Waals surface area contributed by atoms with Crippen molar-refractivity contribution >= 4 is 43.9 Å². The van der Waals surface area contributed by atoms with Crippen LogP contribution in [0.4, 0.5) is 0 Å². The molecule has 0 bridgehead atoms. The first-order chi connectivity index (χ1) is 11.3. The smallest absolute Gasteiger partial charge is 0.264 e. The van der Waals surface area contributed by atoms with E-state index in [4.69, 9.17) is 4.74 Å². The van der Waals surface area contributed by atoms with Gasteiger partial charge >= 0.3 is 0 Å². The Kier molecular flexibility index (Phi) is 3.21. The van der Waals surface area contributed by atoms with Crippen molar-refractivity contribution in [1.82, 2.24) is 14.3 Å². The second kappa shape index (κ2) is 5.29. The van der Waals surface area contributed by atoms with Crippen LogP contribution in [0.5, 0.6) is 0 Å². The van der Waals surface area contributed by atoms with Crippen LogP contribution in [0.15, 0.2) is 17.6 Å². The fourth-order valence-electron chi connectivity index (χ4n) is 3.84. The molecule has 0 unspecified atom stereocenters. The van der Waals surface area contributed by atoms with Gasteiger partial charge in [0.15, 0.2) is 4.96 Å². The van der Waals surface area contributed by atoms with Gasteiger partial charge < -0.3 is 9.64 Å². The van der Waals surface area contributed by atoms with Crippen molar-refractivity contribution < 1.29 is 9.53 Å². The molecule has 1 aliphatic carbocycles. The van der Waals surface area contributed by atoms with Gasteiger partial charge in [0.2, 0.25) is 0 Å². The van der Waals surface area contributed by atoms with Gasteiger partial charge in [-0.25, -0.2) is 4.98 Å². The molecule has 2 fully saturated rings. The summed E-state index contributed by atoms with van der Waals surface area (Å²) in [4.78, 5) is 22.4. The number of imidazole rings is 1. The molecule has 5 rings (SSSR count). The highest BCUT2D eigenvalue weighted by molar-refractivity contribution is 7.21. The zero-order valence-corrected chi connectivity index (χ0v) is 14.2. The molecule has 0 radical (unpaired) electrons. The Hall–Kier alpha value is -1.44. The Balaban J connectivity index is 1.50. The number of amides is 1. The number of aromatic nitrogens is 2. The molecular weight excluding hydrogens is 330 g/mol. The van der Waals surface area contributed by atoms with Crippen molar-refractivity contribution in [2.24, 2.45) is 0 Å². The molecule has 1 saturated carbocycles. The highest BCUT2D eigenvalue weighted by atomic mass is 32.1. The van der Waals surface area contributed by atoms with Gasteiger partial charge in [0.1, 0.15) is 4.83 Å².